The van der Waals surface area contributed by atoms with Crippen molar-refractivity contribution in [3.63, 3.8) is 0 Å². The molecule has 1 aromatic rings. The van der Waals surface area contributed by atoms with E-state index in [0.717, 1.165) is 12.5 Å². The Hall–Kier alpha value is -0.980. The summed E-state index contributed by atoms with van der Waals surface area (Å²) in [6.07, 6.45) is 2.47. The molecular weight excluding hydrogens is 146 g/mol. The van der Waals surface area contributed by atoms with Gasteiger partial charge in [0, 0.05) is 6.54 Å². The van der Waals surface area contributed by atoms with Crippen LogP contribution in [-0.4, -0.2) is 6.54 Å². The van der Waals surface area contributed by atoms with E-state index in [1.54, 1.807) is 0 Å². The smallest absolute Gasteiger partial charge is 0.0609 e. The van der Waals surface area contributed by atoms with Crippen LogP contribution >= 0.6 is 0 Å². The molecule has 1 aliphatic rings. The van der Waals surface area contributed by atoms with Crippen LogP contribution in [0.2, 0.25) is 0 Å². The molecule has 2 rings (SSSR count). The zero-order valence-electron chi connectivity index (χ0n) is 7.46. The molecule has 1 aliphatic heterocycles. The zero-order chi connectivity index (χ0) is 8.39. The number of fused-ring (bicyclic) bond motifs is 1. The molecule has 0 amide bonds. The number of nitrogens with zero attached hydrogens (tertiary/aromatic N) is 1. The number of hydrogen-bond donors (Lipinski definition) is 0. The Morgan fingerprint density at radius 3 is 3.08 bits per heavy atom. The normalized spacial score (nSPS) is 21.2. The second-order valence-electron chi connectivity index (χ2n) is 3.33. The summed E-state index contributed by atoms with van der Waals surface area (Å²) in [6, 6.07) is 8.52. The highest BCUT2D eigenvalue weighted by Crippen LogP contribution is 2.33. The summed E-state index contributed by atoms with van der Waals surface area (Å²) in [5, 5.41) is 4.49. The molecule has 1 nitrogen and oxygen atoms in total. The van der Waals surface area contributed by atoms with Crippen LogP contribution in [0.1, 0.15) is 31.2 Å². The first-order valence-electron chi connectivity index (χ1n) is 4.68. The third-order valence-corrected chi connectivity index (χ3v) is 2.63. The van der Waals surface area contributed by atoms with Crippen molar-refractivity contribution in [3.05, 3.63) is 29.8 Å². The van der Waals surface area contributed by atoms with Crippen LogP contribution in [-0.2, 0) is 0 Å². The number of benzene rings is 1. The maximum Gasteiger partial charge on any atom is 0.0609 e. The SMILES string of the molecule is CCC1CC[N]c2ccccc21. The van der Waals surface area contributed by atoms with E-state index in [1.807, 2.05) is 0 Å². The van der Waals surface area contributed by atoms with Crippen LogP contribution in [0.3, 0.4) is 0 Å². The third kappa shape index (κ3) is 1.20. The van der Waals surface area contributed by atoms with Crippen LogP contribution < -0.4 is 5.32 Å². The molecular formula is C11H14N. The maximum atomic E-state index is 4.49. The van der Waals surface area contributed by atoms with Crippen molar-refractivity contribution in [1.82, 2.24) is 5.32 Å². The molecule has 63 valence electrons. The quantitative estimate of drug-likeness (QED) is 0.599. The van der Waals surface area contributed by atoms with Gasteiger partial charge in [0.05, 0.1) is 5.69 Å². The predicted molar refractivity (Wildman–Crippen MR) is 50.8 cm³/mol. The Morgan fingerprint density at radius 1 is 1.42 bits per heavy atom. The zero-order valence-corrected chi connectivity index (χ0v) is 7.46. The monoisotopic (exact) mass is 160 g/mol. The molecule has 1 unspecified atom stereocenters. The fraction of sp³-hybridized carbons (Fsp3) is 0.455. The van der Waals surface area contributed by atoms with E-state index in [2.05, 4.69) is 36.5 Å². The lowest BCUT2D eigenvalue weighted by Crippen LogP contribution is -2.15. The first-order chi connectivity index (χ1) is 5.92. The molecule has 1 heterocycles. The van der Waals surface area contributed by atoms with Crippen molar-refractivity contribution < 1.29 is 0 Å². The molecule has 1 radical (unpaired) electrons. The minimum absolute atomic E-state index is 0.749. The lowest BCUT2D eigenvalue weighted by atomic mass is 9.89. The Balaban J connectivity index is 2.37. The molecule has 0 fully saturated rings. The van der Waals surface area contributed by atoms with Crippen molar-refractivity contribution in [2.75, 3.05) is 6.54 Å². The first-order valence-corrected chi connectivity index (χ1v) is 4.68. The lowest BCUT2D eigenvalue weighted by Gasteiger charge is -2.23. The van der Waals surface area contributed by atoms with Crippen LogP contribution in [0.25, 0.3) is 0 Å². The Morgan fingerprint density at radius 2 is 2.25 bits per heavy atom. The summed E-state index contributed by atoms with van der Waals surface area (Å²) >= 11 is 0. The highest BCUT2D eigenvalue weighted by Gasteiger charge is 2.17. The average molecular weight is 160 g/mol. The minimum atomic E-state index is 0.749. The topological polar surface area (TPSA) is 14.1 Å². The van der Waals surface area contributed by atoms with Crippen molar-refractivity contribution in [3.8, 4) is 0 Å². The average Bonchev–Trinajstić information content (AvgIpc) is 2.17. The van der Waals surface area contributed by atoms with E-state index in [1.165, 1.54) is 24.1 Å². The molecule has 1 heteroatoms. The largest absolute Gasteiger partial charge is 0.285 e. The van der Waals surface area contributed by atoms with E-state index in [0.29, 0.717) is 0 Å². The molecule has 0 aromatic heterocycles. The Kier molecular flexibility index (Phi) is 2.03. The lowest BCUT2D eigenvalue weighted by molar-refractivity contribution is 0.557. The summed E-state index contributed by atoms with van der Waals surface area (Å²) in [7, 11) is 0. The molecule has 1 aromatic carbocycles. The minimum Gasteiger partial charge on any atom is -0.285 e. The van der Waals surface area contributed by atoms with E-state index in [9.17, 15) is 0 Å². The molecule has 0 saturated heterocycles. The summed E-state index contributed by atoms with van der Waals surface area (Å²) in [5.41, 5.74) is 2.67. The van der Waals surface area contributed by atoms with Gasteiger partial charge in [0.2, 0.25) is 0 Å². The van der Waals surface area contributed by atoms with Crippen molar-refractivity contribution >= 4 is 5.69 Å². The molecule has 0 spiro atoms. The van der Waals surface area contributed by atoms with Crippen LogP contribution in [0, 0.1) is 0 Å². The van der Waals surface area contributed by atoms with Crippen LogP contribution in [0.5, 0.6) is 0 Å². The van der Waals surface area contributed by atoms with E-state index in [-0.39, 0.29) is 0 Å². The summed E-state index contributed by atoms with van der Waals surface area (Å²) in [4.78, 5) is 0. The maximum absolute atomic E-state index is 4.49. The van der Waals surface area contributed by atoms with Crippen LogP contribution in [0.4, 0.5) is 5.69 Å². The molecule has 12 heavy (non-hydrogen) atoms. The number of rotatable bonds is 1. The van der Waals surface area contributed by atoms with Crippen LogP contribution in [0.15, 0.2) is 24.3 Å². The van der Waals surface area contributed by atoms with E-state index >= 15 is 0 Å². The van der Waals surface area contributed by atoms with Gasteiger partial charge in [-0.2, -0.15) is 0 Å². The highest BCUT2D eigenvalue weighted by molar-refractivity contribution is 5.48. The predicted octanol–water partition coefficient (Wildman–Crippen LogP) is 2.82. The Labute approximate surface area is 73.8 Å². The summed E-state index contributed by atoms with van der Waals surface area (Å²) < 4.78 is 0. The van der Waals surface area contributed by atoms with Gasteiger partial charge in [-0.05, 0) is 30.4 Å². The second-order valence-corrected chi connectivity index (χ2v) is 3.33. The molecule has 0 N–H and O–H groups in total. The Bertz CT molecular complexity index is 267. The second kappa shape index (κ2) is 3.18. The van der Waals surface area contributed by atoms with Gasteiger partial charge in [-0.1, -0.05) is 25.1 Å². The molecule has 1 atom stereocenters. The molecule has 0 aliphatic carbocycles. The highest BCUT2D eigenvalue weighted by atomic mass is 14.9. The fourth-order valence-corrected chi connectivity index (χ4v) is 1.90. The van der Waals surface area contributed by atoms with E-state index in [4.69, 9.17) is 0 Å². The molecule has 0 saturated carbocycles. The summed E-state index contributed by atoms with van der Waals surface area (Å²) in [5.74, 6) is 0.749. The third-order valence-electron chi connectivity index (χ3n) is 2.63. The fourth-order valence-electron chi connectivity index (χ4n) is 1.90. The van der Waals surface area contributed by atoms with Crippen molar-refractivity contribution in [1.29, 1.82) is 0 Å². The van der Waals surface area contributed by atoms with Crippen molar-refractivity contribution in [2.24, 2.45) is 0 Å². The van der Waals surface area contributed by atoms with Crippen molar-refractivity contribution in [2.45, 2.75) is 25.7 Å². The van der Waals surface area contributed by atoms with Gasteiger partial charge in [0.1, 0.15) is 0 Å². The standard InChI is InChI=1S/C11H14N/c1-2-9-7-8-12-11-6-4-3-5-10(9)11/h3-6,9H,2,7-8H2,1H3. The van der Waals surface area contributed by atoms with Gasteiger partial charge in [-0.3, -0.25) is 5.32 Å². The number of para-hydroxylation sites is 1. The molecule has 0 bridgehead atoms. The van der Waals surface area contributed by atoms with E-state index < -0.39 is 0 Å². The van der Waals surface area contributed by atoms with Gasteiger partial charge in [0.25, 0.3) is 0 Å². The summed E-state index contributed by atoms with van der Waals surface area (Å²) in [6.45, 7) is 3.27. The number of hydrogen-bond acceptors (Lipinski definition) is 0. The first kappa shape index (κ1) is 7.66. The van der Waals surface area contributed by atoms with Gasteiger partial charge in [-0.15, -0.1) is 0 Å². The van der Waals surface area contributed by atoms with Gasteiger partial charge in [0.15, 0.2) is 0 Å². The van der Waals surface area contributed by atoms with Gasteiger partial charge in [-0.25, -0.2) is 0 Å². The van der Waals surface area contributed by atoms with Gasteiger partial charge < -0.3 is 0 Å². The van der Waals surface area contributed by atoms with Gasteiger partial charge >= 0.3 is 0 Å².